The fourth-order valence-electron chi connectivity index (χ4n) is 1.59. The molecule has 0 amide bonds. The predicted octanol–water partition coefficient (Wildman–Crippen LogP) is 2.11. The van der Waals surface area contributed by atoms with Gasteiger partial charge in [-0.3, -0.25) is 4.79 Å². The molecule has 5 nitrogen and oxygen atoms in total. The lowest BCUT2D eigenvalue weighted by molar-refractivity contribution is 0.103. The van der Waals surface area contributed by atoms with E-state index in [0.717, 1.165) is 0 Å². The molecule has 0 fully saturated rings. The summed E-state index contributed by atoms with van der Waals surface area (Å²) < 4.78 is 10.3. The molecule has 2 aromatic rings. The van der Waals surface area contributed by atoms with Crippen LogP contribution in [0.4, 0.5) is 0 Å². The topological polar surface area (TPSA) is 61.3 Å². The largest absolute Gasteiger partial charge is 0.494 e. The number of carbonyl (C=O) groups excluding carboxylic acids is 1. The number of aromatic nitrogens is 2. The predicted molar refractivity (Wildman–Crippen MR) is 69.6 cm³/mol. The molecule has 2 rings (SSSR count). The second kappa shape index (κ2) is 5.95. The zero-order valence-electron chi connectivity index (χ0n) is 10.8. The van der Waals surface area contributed by atoms with E-state index in [1.807, 2.05) is 6.92 Å². The fourth-order valence-corrected chi connectivity index (χ4v) is 1.59. The molecule has 0 aliphatic rings. The molecule has 0 aliphatic heterocycles. The van der Waals surface area contributed by atoms with E-state index in [-0.39, 0.29) is 11.5 Å². The van der Waals surface area contributed by atoms with Gasteiger partial charge in [0, 0.05) is 11.6 Å². The first-order valence-corrected chi connectivity index (χ1v) is 5.90. The molecule has 19 heavy (non-hydrogen) atoms. The average Bonchev–Trinajstić information content (AvgIpc) is 2.47. The van der Waals surface area contributed by atoms with Crippen molar-refractivity contribution in [2.45, 2.75) is 6.92 Å². The van der Waals surface area contributed by atoms with E-state index < -0.39 is 0 Å². The summed E-state index contributed by atoms with van der Waals surface area (Å²) in [6.45, 7) is 2.45. The zero-order valence-corrected chi connectivity index (χ0v) is 10.8. The lowest BCUT2D eigenvalue weighted by atomic mass is 10.1. The summed E-state index contributed by atoms with van der Waals surface area (Å²) in [6, 6.07) is 10.2. The van der Waals surface area contributed by atoms with E-state index in [0.29, 0.717) is 23.8 Å². The first-order chi connectivity index (χ1) is 9.24. The van der Waals surface area contributed by atoms with Crippen LogP contribution in [0.15, 0.2) is 36.4 Å². The third-order valence-electron chi connectivity index (χ3n) is 2.49. The molecule has 98 valence electrons. The molecular formula is C14H14N2O3. The lowest BCUT2D eigenvalue weighted by Crippen LogP contribution is -2.06. The molecule has 1 aromatic carbocycles. The van der Waals surface area contributed by atoms with Crippen molar-refractivity contribution >= 4 is 5.78 Å². The van der Waals surface area contributed by atoms with E-state index in [1.165, 1.54) is 7.11 Å². The Hall–Kier alpha value is -2.43. The van der Waals surface area contributed by atoms with Gasteiger partial charge in [-0.2, -0.15) is 0 Å². The smallest absolute Gasteiger partial charge is 0.233 e. The van der Waals surface area contributed by atoms with E-state index in [2.05, 4.69) is 10.2 Å². The van der Waals surface area contributed by atoms with Crippen LogP contribution in [0.5, 0.6) is 11.6 Å². The number of ether oxygens (including phenoxy) is 2. The van der Waals surface area contributed by atoms with Gasteiger partial charge >= 0.3 is 0 Å². The first-order valence-electron chi connectivity index (χ1n) is 5.90. The number of nitrogens with zero attached hydrogens (tertiary/aromatic N) is 2. The fraction of sp³-hybridized carbons (Fsp3) is 0.214. The highest BCUT2D eigenvalue weighted by molar-refractivity contribution is 6.07. The van der Waals surface area contributed by atoms with Crippen molar-refractivity contribution in [1.29, 1.82) is 0 Å². The maximum absolute atomic E-state index is 12.2. The minimum absolute atomic E-state index is 0.197. The van der Waals surface area contributed by atoms with E-state index in [1.54, 1.807) is 36.4 Å². The molecule has 1 aromatic heterocycles. The number of hydrogen-bond donors (Lipinski definition) is 0. The van der Waals surface area contributed by atoms with Crippen molar-refractivity contribution in [3.05, 3.63) is 47.7 Å². The Labute approximate surface area is 111 Å². The van der Waals surface area contributed by atoms with E-state index >= 15 is 0 Å². The standard InChI is InChI=1S/C14H14N2O3/c1-3-19-11-6-4-5-10(9-11)14(17)12-7-8-13(18-2)16-15-12/h4-9H,3H2,1-2H3. The molecule has 0 aliphatic carbocycles. The Morgan fingerprint density at radius 1 is 1.21 bits per heavy atom. The summed E-state index contributed by atoms with van der Waals surface area (Å²) >= 11 is 0. The summed E-state index contributed by atoms with van der Waals surface area (Å²) in [5.41, 5.74) is 0.792. The summed E-state index contributed by atoms with van der Waals surface area (Å²) in [7, 11) is 1.50. The van der Waals surface area contributed by atoms with Gasteiger partial charge < -0.3 is 9.47 Å². The molecule has 1 heterocycles. The highest BCUT2D eigenvalue weighted by atomic mass is 16.5. The highest BCUT2D eigenvalue weighted by Crippen LogP contribution is 2.16. The number of hydrogen-bond acceptors (Lipinski definition) is 5. The number of ketones is 1. The first kappa shape index (κ1) is 13.0. The van der Waals surface area contributed by atoms with Crippen LogP contribution in [0.3, 0.4) is 0 Å². The average molecular weight is 258 g/mol. The van der Waals surface area contributed by atoms with Gasteiger partial charge in [-0.05, 0) is 25.1 Å². The van der Waals surface area contributed by atoms with Gasteiger partial charge in [-0.1, -0.05) is 12.1 Å². The molecule has 0 saturated heterocycles. The van der Waals surface area contributed by atoms with Crippen molar-refractivity contribution in [3.63, 3.8) is 0 Å². The zero-order chi connectivity index (χ0) is 13.7. The SMILES string of the molecule is CCOc1cccc(C(=O)c2ccc(OC)nn2)c1. The molecule has 0 bridgehead atoms. The van der Waals surface area contributed by atoms with Gasteiger partial charge in [0.25, 0.3) is 0 Å². The highest BCUT2D eigenvalue weighted by Gasteiger charge is 2.12. The van der Waals surface area contributed by atoms with Crippen LogP contribution >= 0.6 is 0 Å². The molecule has 0 unspecified atom stereocenters. The second-order valence-corrected chi connectivity index (χ2v) is 3.75. The van der Waals surface area contributed by atoms with Gasteiger partial charge in [-0.15, -0.1) is 10.2 Å². The Morgan fingerprint density at radius 2 is 2.05 bits per heavy atom. The Balaban J connectivity index is 2.24. The van der Waals surface area contributed by atoms with E-state index in [9.17, 15) is 4.79 Å². The maximum atomic E-state index is 12.2. The second-order valence-electron chi connectivity index (χ2n) is 3.75. The number of rotatable bonds is 5. The molecule has 0 spiro atoms. The van der Waals surface area contributed by atoms with Crippen molar-refractivity contribution in [2.75, 3.05) is 13.7 Å². The summed E-state index contributed by atoms with van der Waals surface area (Å²) in [6.07, 6.45) is 0. The Morgan fingerprint density at radius 3 is 2.68 bits per heavy atom. The molecule has 0 radical (unpaired) electrons. The minimum atomic E-state index is -0.197. The minimum Gasteiger partial charge on any atom is -0.494 e. The van der Waals surface area contributed by atoms with Crippen LogP contribution in [0, 0.1) is 0 Å². The van der Waals surface area contributed by atoms with Crippen molar-refractivity contribution in [1.82, 2.24) is 10.2 Å². The van der Waals surface area contributed by atoms with Gasteiger partial charge in [0.2, 0.25) is 11.7 Å². The number of carbonyl (C=O) groups is 1. The number of methoxy groups -OCH3 is 1. The van der Waals surface area contributed by atoms with Crippen LogP contribution in [0.2, 0.25) is 0 Å². The van der Waals surface area contributed by atoms with Crippen LogP contribution in [0.25, 0.3) is 0 Å². The quantitative estimate of drug-likeness (QED) is 0.769. The normalized spacial score (nSPS) is 10.0. The summed E-state index contributed by atoms with van der Waals surface area (Å²) in [5, 5.41) is 7.61. The molecule has 5 heteroatoms. The van der Waals surface area contributed by atoms with Crippen molar-refractivity contribution < 1.29 is 14.3 Å². The Bertz CT molecular complexity index is 567. The van der Waals surface area contributed by atoms with E-state index in [4.69, 9.17) is 9.47 Å². The third kappa shape index (κ3) is 3.07. The monoisotopic (exact) mass is 258 g/mol. The molecule has 0 atom stereocenters. The van der Waals surface area contributed by atoms with Crippen molar-refractivity contribution in [3.8, 4) is 11.6 Å². The van der Waals surface area contributed by atoms with Crippen LogP contribution in [0.1, 0.15) is 23.0 Å². The number of benzene rings is 1. The van der Waals surface area contributed by atoms with Gasteiger partial charge in [0.15, 0.2) is 0 Å². The molecule has 0 saturated carbocycles. The molecular weight excluding hydrogens is 244 g/mol. The Kier molecular flexibility index (Phi) is 4.07. The van der Waals surface area contributed by atoms with Crippen LogP contribution in [-0.4, -0.2) is 29.7 Å². The summed E-state index contributed by atoms with van der Waals surface area (Å²) in [5.74, 6) is 0.839. The maximum Gasteiger partial charge on any atom is 0.233 e. The molecule has 0 N–H and O–H groups in total. The van der Waals surface area contributed by atoms with Gasteiger partial charge in [0.1, 0.15) is 11.4 Å². The van der Waals surface area contributed by atoms with Crippen LogP contribution in [-0.2, 0) is 0 Å². The van der Waals surface area contributed by atoms with Crippen LogP contribution < -0.4 is 9.47 Å². The third-order valence-corrected chi connectivity index (χ3v) is 2.49. The van der Waals surface area contributed by atoms with Gasteiger partial charge in [0.05, 0.1) is 13.7 Å². The summed E-state index contributed by atoms with van der Waals surface area (Å²) in [4.78, 5) is 12.2. The lowest BCUT2D eigenvalue weighted by Gasteiger charge is -2.05. The van der Waals surface area contributed by atoms with Gasteiger partial charge in [-0.25, -0.2) is 0 Å². The van der Waals surface area contributed by atoms with Crippen molar-refractivity contribution in [2.24, 2.45) is 0 Å².